The van der Waals surface area contributed by atoms with Gasteiger partial charge in [0.1, 0.15) is 7.05 Å². The second kappa shape index (κ2) is 3.41. The first-order chi connectivity index (χ1) is 6.68. The van der Waals surface area contributed by atoms with Crippen molar-refractivity contribution in [1.82, 2.24) is 0 Å². The van der Waals surface area contributed by atoms with Crippen LogP contribution in [0.1, 0.15) is 25.3 Å². The van der Waals surface area contributed by atoms with Crippen LogP contribution in [0.5, 0.6) is 0 Å². The van der Waals surface area contributed by atoms with Crippen LogP contribution in [0.2, 0.25) is 0 Å². The Bertz CT molecular complexity index is 458. The third-order valence-corrected chi connectivity index (χ3v) is 2.58. The van der Waals surface area contributed by atoms with E-state index in [1.807, 2.05) is 0 Å². The highest BCUT2D eigenvalue weighted by Gasteiger charge is 2.09. The van der Waals surface area contributed by atoms with Gasteiger partial charge in [0, 0.05) is 10.9 Å². The number of hydrogen-bond acceptors (Lipinski definition) is 0. The van der Waals surface area contributed by atoms with E-state index in [-0.39, 0.29) is 0 Å². The normalized spacial score (nSPS) is 11.1. The molecule has 0 amide bonds. The first kappa shape index (κ1) is 9.20. The SMILES string of the molecule is CC(C)c1c[n+](C)cc2ccccc12. The van der Waals surface area contributed by atoms with Gasteiger partial charge in [-0.1, -0.05) is 32.0 Å². The van der Waals surface area contributed by atoms with Gasteiger partial charge in [0.2, 0.25) is 0 Å². The molecule has 72 valence electrons. The number of pyridine rings is 1. The van der Waals surface area contributed by atoms with Crippen molar-refractivity contribution in [1.29, 1.82) is 0 Å². The van der Waals surface area contributed by atoms with Crippen LogP contribution in [0.15, 0.2) is 36.7 Å². The molecule has 0 aliphatic rings. The van der Waals surface area contributed by atoms with Crippen LogP contribution in [-0.2, 0) is 7.05 Å². The van der Waals surface area contributed by atoms with Crippen molar-refractivity contribution in [3.05, 3.63) is 42.2 Å². The Morgan fingerprint density at radius 3 is 2.50 bits per heavy atom. The predicted molar refractivity (Wildman–Crippen MR) is 59.2 cm³/mol. The van der Waals surface area contributed by atoms with E-state index < -0.39 is 0 Å². The molecule has 0 saturated heterocycles. The Balaban J connectivity index is 2.80. The Morgan fingerprint density at radius 2 is 1.79 bits per heavy atom. The van der Waals surface area contributed by atoms with E-state index in [0.717, 1.165) is 0 Å². The highest BCUT2D eigenvalue weighted by molar-refractivity contribution is 5.84. The molecule has 0 saturated carbocycles. The lowest BCUT2D eigenvalue weighted by Crippen LogP contribution is -2.27. The van der Waals surface area contributed by atoms with Crippen molar-refractivity contribution in [2.75, 3.05) is 0 Å². The predicted octanol–water partition coefficient (Wildman–Crippen LogP) is 2.79. The molecule has 1 aromatic carbocycles. The molecule has 1 aromatic heterocycles. The molecule has 1 heteroatoms. The van der Waals surface area contributed by atoms with Crippen LogP contribution in [-0.4, -0.2) is 0 Å². The Morgan fingerprint density at radius 1 is 1.07 bits per heavy atom. The minimum Gasteiger partial charge on any atom is -0.207 e. The van der Waals surface area contributed by atoms with Crippen LogP contribution < -0.4 is 4.57 Å². The minimum atomic E-state index is 0.576. The molecule has 2 rings (SSSR count). The molecule has 0 aliphatic heterocycles. The number of aryl methyl sites for hydroxylation is 1. The van der Waals surface area contributed by atoms with Crippen LogP contribution >= 0.6 is 0 Å². The summed E-state index contributed by atoms with van der Waals surface area (Å²) in [6, 6.07) is 8.56. The standard InChI is InChI=1S/C13H16N/c1-10(2)13-9-14(3)8-11-6-4-5-7-12(11)13/h4-10H,1-3H3/q+1. The monoisotopic (exact) mass is 186 g/mol. The Kier molecular flexibility index (Phi) is 2.24. The Hall–Kier alpha value is -1.37. The fourth-order valence-electron chi connectivity index (χ4n) is 1.88. The highest BCUT2D eigenvalue weighted by Crippen LogP contribution is 2.22. The fraction of sp³-hybridized carbons (Fsp3) is 0.308. The van der Waals surface area contributed by atoms with Crippen molar-refractivity contribution in [3.63, 3.8) is 0 Å². The number of rotatable bonds is 1. The van der Waals surface area contributed by atoms with E-state index in [2.05, 4.69) is 62.1 Å². The van der Waals surface area contributed by atoms with Gasteiger partial charge in [0.15, 0.2) is 12.4 Å². The van der Waals surface area contributed by atoms with Gasteiger partial charge in [-0.3, -0.25) is 0 Å². The summed E-state index contributed by atoms with van der Waals surface area (Å²) in [5.74, 6) is 0.576. The van der Waals surface area contributed by atoms with Gasteiger partial charge < -0.3 is 0 Å². The fourth-order valence-corrected chi connectivity index (χ4v) is 1.88. The van der Waals surface area contributed by atoms with Gasteiger partial charge >= 0.3 is 0 Å². The van der Waals surface area contributed by atoms with Crippen molar-refractivity contribution < 1.29 is 4.57 Å². The highest BCUT2D eigenvalue weighted by atomic mass is 14.9. The first-order valence-corrected chi connectivity index (χ1v) is 5.06. The zero-order chi connectivity index (χ0) is 10.1. The lowest BCUT2D eigenvalue weighted by atomic mass is 9.99. The smallest absolute Gasteiger partial charge is 0.176 e. The molecule has 0 bridgehead atoms. The second-order valence-electron chi connectivity index (χ2n) is 4.12. The molecule has 1 heterocycles. The van der Waals surface area contributed by atoms with Gasteiger partial charge in [-0.15, -0.1) is 0 Å². The zero-order valence-corrected chi connectivity index (χ0v) is 8.99. The van der Waals surface area contributed by atoms with Crippen LogP contribution in [0.3, 0.4) is 0 Å². The molecule has 0 aliphatic carbocycles. The molecular weight excluding hydrogens is 170 g/mol. The summed E-state index contributed by atoms with van der Waals surface area (Å²) >= 11 is 0. The molecular formula is C13H16N+. The number of benzene rings is 1. The largest absolute Gasteiger partial charge is 0.207 e. The molecule has 0 N–H and O–H groups in total. The summed E-state index contributed by atoms with van der Waals surface area (Å²) < 4.78 is 2.14. The first-order valence-electron chi connectivity index (χ1n) is 5.06. The van der Waals surface area contributed by atoms with E-state index in [1.54, 1.807) is 0 Å². The second-order valence-corrected chi connectivity index (χ2v) is 4.12. The third-order valence-electron chi connectivity index (χ3n) is 2.58. The topological polar surface area (TPSA) is 3.88 Å². The van der Waals surface area contributed by atoms with Crippen LogP contribution in [0.25, 0.3) is 10.8 Å². The summed E-state index contributed by atoms with van der Waals surface area (Å²) in [5.41, 5.74) is 1.42. The summed E-state index contributed by atoms with van der Waals surface area (Å²) in [4.78, 5) is 0. The molecule has 0 spiro atoms. The molecule has 0 fully saturated rings. The van der Waals surface area contributed by atoms with Crippen molar-refractivity contribution in [2.45, 2.75) is 19.8 Å². The molecule has 0 atom stereocenters. The van der Waals surface area contributed by atoms with Gasteiger partial charge in [-0.2, -0.15) is 0 Å². The lowest BCUT2D eigenvalue weighted by Gasteiger charge is -2.07. The quantitative estimate of drug-likeness (QED) is 0.603. The van der Waals surface area contributed by atoms with E-state index >= 15 is 0 Å². The van der Waals surface area contributed by atoms with E-state index in [1.165, 1.54) is 16.3 Å². The van der Waals surface area contributed by atoms with E-state index in [9.17, 15) is 0 Å². The van der Waals surface area contributed by atoms with Gasteiger partial charge in [-0.25, -0.2) is 4.57 Å². The molecule has 0 radical (unpaired) electrons. The molecule has 0 unspecified atom stereocenters. The average molecular weight is 186 g/mol. The zero-order valence-electron chi connectivity index (χ0n) is 8.99. The average Bonchev–Trinajstić information content (AvgIpc) is 2.16. The number of aromatic nitrogens is 1. The van der Waals surface area contributed by atoms with Crippen LogP contribution in [0.4, 0.5) is 0 Å². The number of fused-ring (bicyclic) bond motifs is 1. The van der Waals surface area contributed by atoms with Crippen molar-refractivity contribution in [3.8, 4) is 0 Å². The molecule has 2 aromatic rings. The molecule has 1 nitrogen and oxygen atoms in total. The van der Waals surface area contributed by atoms with Gasteiger partial charge in [0.25, 0.3) is 0 Å². The maximum absolute atomic E-state index is 2.24. The number of hydrogen-bond donors (Lipinski definition) is 0. The van der Waals surface area contributed by atoms with E-state index in [4.69, 9.17) is 0 Å². The van der Waals surface area contributed by atoms with Gasteiger partial charge in [0.05, 0.1) is 0 Å². The number of nitrogens with zero attached hydrogens (tertiary/aromatic N) is 1. The maximum Gasteiger partial charge on any atom is 0.176 e. The van der Waals surface area contributed by atoms with Gasteiger partial charge in [-0.05, 0) is 17.4 Å². The lowest BCUT2D eigenvalue weighted by molar-refractivity contribution is -0.670. The Labute approximate surface area is 85.0 Å². The van der Waals surface area contributed by atoms with Crippen molar-refractivity contribution >= 4 is 10.8 Å². The maximum atomic E-state index is 2.24. The minimum absolute atomic E-state index is 0.576. The summed E-state index contributed by atoms with van der Waals surface area (Å²) in [6.07, 6.45) is 4.38. The van der Waals surface area contributed by atoms with Crippen LogP contribution in [0, 0.1) is 0 Å². The summed E-state index contributed by atoms with van der Waals surface area (Å²) in [7, 11) is 2.08. The van der Waals surface area contributed by atoms with Crippen molar-refractivity contribution in [2.24, 2.45) is 7.05 Å². The molecule has 14 heavy (non-hydrogen) atoms. The van der Waals surface area contributed by atoms with E-state index in [0.29, 0.717) is 5.92 Å². The summed E-state index contributed by atoms with van der Waals surface area (Å²) in [5, 5.41) is 2.70. The third kappa shape index (κ3) is 1.50. The summed E-state index contributed by atoms with van der Waals surface area (Å²) in [6.45, 7) is 4.48.